The SMILES string of the molecule is O=C(OCC1O[C@H](OC(=O)c2ccccc2)C(=O)[C@@H]1OC(=O)c1ccccc1)c1ccccc1. The summed E-state index contributed by atoms with van der Waals surface area (Å²) in [5, 5.41) is 0. The van der Waals surface area contributed by atoms with E-state index in [-0.39, 0.29) is 11.1 Å². The molecule has 1 saturated heterocycles. The van der Waals surface area contributed by atoms with Crippen LogP contribution in [0.2, 0.25) is 0 Å². The second-order valence-corrected chi connectivity index (χ2v) is 7.34. The second-order valence-electron chi connectivity index (χ2n) is 7.34. The molecule has 8 nitrogen and oxygen atoms in total. The molecule has 0 bridgehead atoms. The largest absolute Gasteiger partial charge is 0.459 e. The summed E-state index contributed by atoms with van der Waals surface area (Å²) in [4.78, 5) is 50.2. The van der Waals surface area contributed by atoms with Gasteiger partial charge in [-0.2, -0.15) is 0 Å². The minimum atomic E-state index is -1.62. The van der Waals surface area contributed by atoms with Crippen LogP contribution in [0.4, 0.5) is 0 Å². The van der Waals surface area contributed by atoms with Gasteiger partial charge in [0.05, 0.1) is 16.7 Å². The highest BCUT2D eigenvalue weighted by atomic mass is 16.7. The summed E-state index contributed by atoms with van der Waals surface area (Å²) < 4.78 is 21.4. The van der Waals surface area contributed by atoms with Crippen LogP contribution in [-0.4, -0.2) is 48.8 Å². The molecule has 0 saturated carbocycles. The number of hydrogen-bond acceptors (Lipinski definition) is 8. The fraction of sp³-hybridized carbons (Fsp3) is 0.154. The number of benzene rings is 3. The fourth-order valence-electron chi connectivity index (χ4n) is 3.27. The van der Waals surface area contributed by atoms with Crippen LogP contribution in [0, 0.1) is 0 Å². The van der Waals surface area contributed by atoms with E-state index in [4.69, 9.17) is 18.9 Å². The first-order valence-electron chi connectivity index (χ1n) is 10.5. The Kier molecular flexibility index (Phi) is 7.10. The lowest BCUT2D eigenvalue weighted by molar-refractivity contribution is -0.147. The maximum absolute atomic E-state index is 12.9. The molecule has 3 aromatic rings. The maximum Gasteiger partial charge on any atom is 0.340 e. The van der Waals surface area contributed by atoms with Crippen LogP contribution in [0.1, 0.15) is 31.1 Å². The molecule has 1 aliphatic heterocycles. The van der Waals surface area contributed by atoms with Gasteiger partial charge in [-0.3, -0.25) is 4.79 Å². The average Bonchev–Trinajstić information content (AvgIpc) is 3.17. The van der Waals surface area contributed by atoms with Gasteiger partial charge in [-0.05, 0) is 36.4 Å². The molecule has 0 N–H and O–H groups in total. The smallest absolute Gasteiger partial charge is 0.340 e. The minimum Gasteiger partial charge on any atom is -0.459 e. The molecule has 34 heavy (non-hydrogen) atoms. The van der Waals surface area contributed by atoms with E-state index in [0.717, 1.165) is 0 Å². The van der Waals surface area contributed by atoms with Gasteiger partial charge < -0.3 is 18.9 Å². The molecule has 8 heteroatoms. The lowest BCUT2D eigenvalue weighted by Crippen LogP contribution is -2.36. The van der Waals surface area contributed by atoms with Crippen molar-refractivity contribution in [2.45, 2.75) is 18.5 Å². The third-order valence-electron chi connectivity index (χ3n) is 5.00. The number of carbonyl (C=O) groups is 4. The second kappa shape index (κ2) is 10.5. The Labute approximate surface area is 195 Å². The monoisotopic (exact) mass is 460 g/mol. The average molecular weight is 460 g/mol. The lowest BCUT2D eigenvalue weighted by atomic mass is 10.1. The van der Waals surface area contributed by atoms with E-state index in [1.54, 1.807) is 66.7 Å². The number of ketones is 1. The van der Waals surface area contributed by atoms with Gasteiger partial charge in [0.25, 0.3) is 6.29 Å². The van der Waals surface area contributed by atoms with Crippen molar-refractivity contribution < 1.29 is 38.1 Å². The zero-order chi connectivity index (χ0) is 23.9. The first-order chi connectivity index (χ1) is 16.5. The van der Waals surface area contributed by atoms with Crippen LogP contribution in [0.5, 0.6) is 0 Å². The minimum absolute atomic E-state index is 0.218. The van der Waals surface area contributed by atoms with Gasteiger partial charge in [0.15, 0.2) is 6.10 Å². The normalized spacial score (nSPS) is 19.3. The predicted octanol–water partition coefficient (Wildman–Crippen LogP) is 3.22. The van der Waals surface area contributed by atoms with E-state index >= 15 is 0 Å². The zero-order valence-electron chi connectivity index (χ0n) is 17.9. The van der Waals surface area contributed by atoms with Crippen molar-refractivity contribution in [3.63, 3.8) is 0 Å². The Morgan fingerprint density at radius 2 is 1.09 bits per heavy atom. The van der Waals surface area contributed by atoms with Crippen LogP contribution < -0.4 is 0 Å². The molecule has 0 spiro atoms. The van der Waals surface area contributed by atoms with E-state index in [9.17, 15) is 19.2 Å². The Morgan fingerprint density at radius 1 is 0.647 bits per heavy atom. The zero-order valence-corrected chi connectivity index (χ0v) is 17.9. The van der Waals surface area contributed by atoms with E-state index < -0.39 is 48.8 Å². The number of ether oxygens (including phenoxy) is 4. The summed E-state index contributed by atoms with van der Waals surface area (Å²) in [6, 6.07) is 24.4. The van der Waals surface area contributed by atoms with Gasteiger partial charge in [0.1, 0.15) is 12.7 Å². The van der Waals surface area contributed by atoms with Gasteiger partial charge in [0, 0.05) is 0 Å². The predicted molar refractivity (Wildman–Crippen MR) is 118 cm³/mol. The third kappa shape index (κ3) is 5.36. The van der Waals surface area contributed by atoms with Crippen molar-refractivity contribution in [2.24, 2.45) is 0 Å². The summed E-state index contributed by atoms with van der Waals surface area (Å²) >= 11 is 0. The van der Waals surface area contributed by atoms with Crippen molar-refractivity contribution in [1.82, 2.24) is 0 Å². The van der Waals surface area contributed by atoms with Gasteiger partial charge in [-0.1, -0.05) is 54.6 Å². The highest BCUT2D eigenvalue weighted by molar-refractivity contribution is 5.97. The van der Waals surface area contributed by atoms with Gasteiger partial charge in [-0.25, -0.2) is 14.4 Å². The topological polar surface area (TPSA) is 105 Å². The molecule has 1 fully saturated rings. The lowest BCUT2D eigenvalue weighted by Gasteiger charge is -2.17. The highest BCUT2D eigenvalue weighted by Crippen LogP contribution is 2.24. The quantitative estimate of drug-likeness (QED) is 0.391. The molecule has 1 unspecified atom stereocenters. The molecule has 3 aromatic carbocycles. The Morgan fingerprint density at radius 3 is 1.59 bits per heavy atom. The van der Waals surface area contributed by atoms with Gasteiger partial charge in [-0.15, -0.1) is 0 Å². The molecule has 0 aromatic heterocycles. The molecular weight excluding hydrogens is 440 g/mol. The fourth-order valence-corrected chi connectivity index (χ4v) is 3.27. The van der Waals surface area contributed by atoms with Crippen molar-refractivity contribution in [3.8, 4) is 0 Å². The third-order valence-corrected chi connectivity index (χ3v) is 5.00. The van der Waals surface area contributed by atoms with Crippen molar-refractivity contribution >= 4 is 23.7 Å². The van der Waals surface area contributed by atoms with Crippen molar-refractivity contribution in [2.75, 3.05) is 6.61 Å². The molecule has 4 rings (SSSR count). The first-order valence-corrected chi connectivity index (χ1v) is 10.5. The van der Waals surface area contributed by atoms with E-state index in [2.05, 4.69) is 0 Å². The van der Waals surface area contributed by atoms with Crippen LogP contribution >= 0.6 is 0 Å². The Hall–Kier alpha value is -4.30. The molecular formula is C26H20O8. The standard InChI is InChI=1S/C26H20O8/c27-21-22(33-24(29)18-12-6-2-7-13-18)20(16-31-23(28)17-10-4-1-5-11-17)32-26(21)34-25(30)19-14-8-3-9-15-19/h1-15,20,22,26H,16H2/t20?,22-,26-/m1/s1. The summed E-state index contributed by atoms with van der Waals surface area (Å²) in [5.74, 6) is -2.96. The van der Waals surface area contributed by atoms with Crippen molar-refractivity contribution in [1.29, 1.82) is 0 Å². The molecule has 0 amide bonds. The van der Waals surface area contributed by atoms with Gasteiger partial charge >= 0.3 is 17.9 Å². The van der Waals surface area contributed by atoms with Crippen molar-refractivity contribution in [3.05, 3.63) is 108 Å². The van der Waals surface area contributed by atoms with Crippen LogP contribution in [0.3, 0.4) is 0 Å². The van der Waals surface area contributed by atoms with E-state index in [0.29, 0.717) is 5.56 Å². The Bertz CT molecular complexity index is 1160. The summed E-state index contributed by atoms with van der Waals surface area (Å²) in [6.45, 7) is -0.397. The van der Waals surface area contributed by atoms with Crippen LogP contribution in [-0.2, 0) is 23.7 Å². The molecule has 3 atom stereocenters. The molecule has 172 valence electrons. The summed E-state index contributed by atoms with van der Waals surface area (Å²) in [5.41, 5.74) is 0.743. The molecule has 1 heterocycles. The first kappa shape index (κ1) is 22.9. The van der Waals surface area contributed by atoms with E-state index in [1.165, 1.54) is 24.3 Å². The van der Waals surface area contributed by atoms with Crippen LogP contribution in [0.15, 0.2) is 91.0 Å². The number of carbonyl (C=O) groups excluding carboxylic acids is 4. The molecule has 0 radical (unpaired) electrons. The van der Waals surface area contributed by atoms with Crippen LogP contribution in [0.25, 0.3) is 0 Å². The van der Waals surface area contributed by atoms with E-state index in [1.807, 2.05) is 0 Å². The number of hydrogen-bond donors (Lipinski definition) is 0. The number of rotatable bonds is 7. The van der Waals surface area contributed by atoms with Gasteiger partial charge in [0.2, 0.25) is 5.78 Å². The maximum atomic E-state index is 12.9. The Balaban J connectivity index is 1.48. The molecule has 1 aliphatic rings. The number of esters is 3. The molecule has 0 aliphatic carbocycles. The summed E-state index contributed by atoms with van der Waals surface area (Å²) in [6.07, 6.45) is -4.23. The summed E-state index contributed by atoms with van der Waals surface area (Å²) in [7, 11) is 0. The highest BCUT2D eigenvalue weighted by Gasteiger charge is 2.49. The number of Topliss-reactive ketones (excluding diaryl/α,β-unsaturated/α-hetero) is 1.